The molecule has 3 nitrogen and oxygen atoms in total. The van der Waals surface area contributed by atoms with Crippen LogP contribution in [-0.4, -0.2) is 37.1 Å². The van der Waals surface area contributed by atoms with Gasteiger partial charge >= 0.3 is 0 Å². The molecule has 0 aromatic heterocycles. The van der Waals surface area contributed by atoms with Gasteiger partial charge in [-0.2, -0.15) is 0 Å². The molecule has 1 saturated heterocycles. The van der Waals surface area contributed by atoms with Gasteiger partial charge in [0, 0.05) is 35.3 Å². The predicted octanol–water partition coefficient (Wildman–Crippen LogP) is 3.39. The molecule has 2 rings (SSSR count). The largest absolute Gasteiger partial charge is 0.370 e. The highest BCUT2D eigenvalue weighted by Crippen LogP contribution is 2.32. The molecule has 0 bridgehead atoms. The first-order valence-corrected chi connectivity index (χ1v) is 8.40. The van der Waals surface area contributed by atoms with E-state index in [1.54, 1.807) is 0 Å². The monoisotopic (exact) mass is 339 g/mol. The lowest BCUT2D eigenvalue weighted by Gasteiger charge is -2.28. The lowest BCUT2D eigenvalue weighted by Crippen LogP contribution is -2.37. The normalized spacial score (nSPS) is 20.7. The number of anilines is 1. The summed E-state index contributed by atoms with van der Waals surface area (Å²) >= 11 is 3.59. The predicted molar refractivity (Wildman–Crippen MR) is 90.3 cm³/mol. The molecule has 4 heteroatoms. The number of nitrogens with zero attached hydrogens (tertiary/aromatic N) is 2. The topological polar surface area (TPSA) is 32.5 Å². The van der Waals surface area contributed by atoms with E-state index in [2.05, 4.69) is 64.7 Å². The van der Waals surface area contributed by atoms with Crippen LogP contribution in [0.15, 0.2) is 22.7 Å². The van der Waals surface area contributed by atoms with E-state index in [-0.39, 0.29) is 6.04 Å². The smallest absolute Gasteiger partial charge is 0.0426 e. The fourth-order valence-corrected chi connectivity index (χ4v) is 3.52. The first-order valence-electron chi connectivity index (χ1n) is 7.60. The molecule has 1 aliphatic heterocycles. The van der Waals surface area contributed by atoms with Crippen molar-refractivity contribution in [1.29, 1.82) is 0 Å². The second-order valence-electron chi connectivity index (χ2n) is 5.60. The van der Waals surface area contributed by atoms with Gasteiger partial charge in [-0.1, -0.05) is 35.8 Å². The summed E-state index contributed by atoms with van der Waals surface area (Å²) < 4.78 is 1.13. The lowest BCUT2D eigenvalue weighted by molar-refractivity contribution is 0.232. The third kappa shape index (κ3) is 3.35. The minimum absolute atomic E-state index is 0.0746. The summed E-state index contributed by atoms with van der Waals surface area (Å²) in [6.45, 7) is 11.1. The van der Waals surface area contributed by atoms with Gasteiger partial charge in [0.25, 0.3) is 0 Å². The van der Waals surface area contributed by atoms with Crippen LogP contribution in [0.4, 0.5) is 5.69 Å². The molecule has 0 amide bonds. The van der Waals surface area contributed by atoms with Crippen LogP contribution >= 0.6 is 15.9 Å². The van der Waals surface area contributed by atoms with Gasteiger partial charge < -0.3 is 10.6 Å². The van der Waals surface area contributed by atoms with Gasteiger partial charge in [-0.15, -0.1) is 0 Å². The molecule has 112 valence electrons. The number of hydrogen-bond donors (Lipinski definition) is 1. The van der Waals surface area contributed by atoms with E-state index in [9.17, 15) is 0 Å². The van der Waals surface area contributed by atoms with Crippen LogP contribution in [0, 0.1) is 0 Å². The lowest BCUT2D eigenvalue weighted by atomic mass is 10.1. The van der Waals surface area contributed by atoms with Gasteiger partial charge in [-0.25, -0.2) is 0 Å². The second-order valence-corrected chi connectivity index (χ2v) is 6.52. The number of nitrogens with two attached hydrogens (primary N) is 1. The van der Waals surface area contributed by atoms with Crippen LogP contribution < -0.4 is 10.6 Å². The van der Waals surface area contributed by atoms with Gasteiger partial charge in [0.05, 0.1) is 0 Å². The zero-order valence-electron chi connectivity index (χ0n) is 12.8. The molecule has 1 aromatic carbocycles. The zero-order valence-corrected chi connectivity index (χ0v) is 14.4. The van der Waals surface area contributed by atoms with Crippen molar-refractivity contribution in [2.24, 2.45) is 5.73 Å². The van der Waals surface area contributed by atoms with Crippen molar-refractivity contribution in [1.82, 2.24) is 4.90 Å². The van der Waals surface area contributed by atoms with Crippen molar-refractivity contribution < 1.29 is 0 Å². The fourth-order valence-electron chi connectivity index (χ4n) is 3.17. The molecule has 1 aromatic rings. The third-order valence-electron chi connectivity index (χ3n) is 4.32. The van der Waals surface area contributed by atoms with Crippen molar-refractivity contribution in [2.45, 2.75) is 39.3 Å². The van der Waals surface area contributed by atoms with Crippen LogP contribution in [0.5, 0.6) is 0 Å². The average Bonchev–Trinajstić information content (AvgIpc) is 2.89. The summed E-state index contributed by atoms with van der Waals surface area (Å²) in [4.78, 5) is 5.05. The number of benzene rings is 1. The Kier molecular flexibility index (Phi) is 5.47. The molecule has 0 radical (unpaired) electrons. The maximum Gasteiger partial charge on any atom is 0.0426 e. The van der Waals surface area contributed by atoms with E-state index >= 15 is 0 Å². The van der Waals surface area contributed by atoms with E-state index < -0.39 is 0 Å². The van der Waals surface area contributed by atoms with Gasteiger partial charge in [0.1, 0.15) is 0 Å². The molecular weight excluding hydrogens is 314 g/mol. The van der Waals surface area contributed by atoms with Crippen LogP contribution in [0.2, 0.25) is 0 Å². The van der Waals surface area contributed by atoms with Crippen LogP contribution in [-0.2, 0) is 0 Å². The molecule has 2 atom stereocenters. The fraction of sp³-hybridized carbons (Fsp3) is 0.625. The quantitative estimate of drug-likeness (QED) is 0.892. The minimum Gasteiger partial charge on any atom is -0.370 e. The highest BCUT2D eigenvalue weighted by atomic mass is 79.9. The van der Waals surface area contributed by atoms with Crippen molar-refractivity contribution >= 4 is 21.6 Å². The molecule has 2 unspecified atom stereocenters. The van der Waals surface area contributed by atoms with Crippen molar-refractivity contribution in [3.8, 4) is 0 Å². The molecule has 0 saturated carbocycles. The average molecular weight is 340 g/mol. The molecule has 0 aliphatic carbocycles. The Labute approximate surface area is 131 Å². The van der Waals surface area contributed by atoms with Crippen LogP contribution in [0.1, 0.15) is 38.8 Å². The summed E-state index contributed by atoms with van der Waals surface area (Å²) in [6.07, 6.45) is 1.24. The first kappa shape index (κ1) is 15.8. The molecule has 1 aliphatic rings. The highest BCUT2D eigenvalue weighted by Gasteiger charge is 2.27. The van der Waals surface area contributed by atoms with Crippen LogP contribution in [0.3, 0.4) is 0 Å². The summed E-state index contributed by atoms with van der Waals surface area (Å²) in [7, 11) is 0. The summed E-state index contributed by atoms with van der Waals surface area (Å²) in [6, 6.07) is 7.19. The number of rotatable bonds is 5. The third-order valence-corrected chi connectivity index (χ3v) is 4.81. The summed E-state index contributed by atoms with van der Waals surface area (Å²) in [5.41, 5.74) is 8.67. The maximum absolute atomic E-state index is 6.13. The number of halogens is 1. The van der Waals surface area contributed by atoms with E-state index in [1.807, 2.05) is 0 Å². The Balaban J connectivity index is 2.19. The first-order chi connectivity index (χ1) is 9.56. The molecule has 0 spiro atoms. The standard InChI is InChI=1S/C16H26BrN3/c1-4-19(5-2)14-8-9-20(11-14)16-10-13(17)6-7-15(16)12(3)18/h6-7,10,12,14H,4-5,8-9,11,18H2,1-3H3. The Morgan fingerprint density at radius 3 is 2.70 bits per heavy atom. The zero-order chi connectivity index (χ0) is 14.7. The van der Waals surface area contributed by atoms with Gasteiger partial charge in [-0.3, -0.25) is 4.90 Å². The van der Waals surface area contributed by atoms with Crippen molar-refractivity contribution in [2.75, 3.05) is 31.1 Å². The highest BCUT2D eigenvalue weighted by molar-refractivity contribution is 9.10. The number of hydrogen-bond acceptors (Lipinski definition) is 3. The Morgan fingerprint density at radius 1 is 1.40 bits per heavy atom. The molecule has 1 heterocycles. The van der Waals surface area contributed by atoms with Crippen molar-refractivity contribution in [3.05, 3.63) is 28.2 Å². The van der Waals surface area contributed by atoms with Gasteiger partial charge in [0.15, 0.2) is 0 Å². The second kappa shape index (κ2) is 6.92. The summed E-state index contributed by atoms with van der Waals surface area (Å²) in [5.74, 6) is 0. The van der Waals surface area contributed by atoms with E-state index in [0.717, 1.165) is 30.7 Å². The van der Waals surface area contributed by atoms with Gasteiger partial charge in [-0.05, 0) is 44.1 Å². The molecular formula is C16H26BrN3. The Morgan fingerprint density at radius 2 is 2.10 bits per heavy atom. The van der Waals surface area contributed by atoms with Gasteiger partial charge in [0.2, 0.25) is 0 Å². The number of likely N-dealkylation sites (N-methyl/N-ethyl adjacent to an activating group) is 1. The van der Waals surface area contributed by atoms with E-state index in [1.165, 1.54) is 17.7 Å². The van der Waals surface area contributed by atoms with Crippen molar-refractivity contribution in [3.63, 3.8) is 0 Å². The summed E-state index contributed by atoms with van der Waals surface area (Å²) in [5, 5.41) is 0. The molecule has 2 N–H and O–H groups in total. The van der Waals surface area contributed by atoms with Crippen LogP contribution in [0.25, 0.3) is 0 Å². The van der Waals surface area contributed by atoms with E-state index in [4.69, 9.17) is 5.73 Å². The van der Waals surface area contributed by atoms with E-state index in [0.29, 0.717) is 6.04 Å². The SMILES string of the molecule is CCN(CC)C1CCN(c2cc(Br)ccc2C(C)N)C1. The Bertz CT molecular complexity index is 443. The molecule has 20 heavy (non-hydrogen) atoms. The minimum atomic E-state index is 0.0746. The maximum atomic E-state index is 6.13. The Hall–Kier alpha value is -0.580. The molecule has 1 fully saturated rings.